The van der Waals surface area contributed by atoms with E-state index in [1.807, 2.05) is 6.07 Å². The van der Waals surface area contributed by atoms with Gasteiger partial charge in [-0.3, -0.25) is 0 Å². The lowest BCUT2D eigenvalue weighted by molar-refractivity contribution is 0.637. The van der Waals surface area contributed by atoms with Gasteiger partial charge in [0.25, 0.3) is 0 Å². The summed E-state index contributed by atoms with van der Waals surface area (Å²) in [6, 6.07) is 51.3. The molecule has 0 saturated carbocycles. The highest BCUT2D eigenvalue weighted by Gasteiger charge is 2.28. The van der Waals surface area contributed by atoms with Crippen LogP contribution in [0.1, 0.15) is 24.4 Å². The summed E-state index contributed by atoms with van der Waals surface area (Å²) in [7, 11) is 0. The van der Waals surface area contributed by atoms with E-state index in [0.717, 1.165) is 33.0 Å². The molecule has 0 aliphatic rings. The zero-order valence-corrected chi connectivity index (χ0v) is 24.5. The van der Waals surface area contributed by atoms with Gasteiger partial charge < -0.3 is 0 Å². The van der Waals surface area contributed by atoms with Crippen molar-refractivity contribution in [2.45, 2.75) is 19.3 Å². The SMILES string of the molecule is CC(C)(c1cc(-c2ccccc2)cc(-c2cccc(-c3cccc(-c4ccccc4)c3)n2)c1)c1nc2ccccc2s1. The van der Waals surface area contributed by atoms with Gasteiger partial charge in [0.1, 0.15) is 5.01 Å². The van der Waals surface area contributed by atoms with E-state index < -0.39 is 0 Å². The average Bonchev–Trinajstić information content (AvgIpc) is 3.51. The molecule has 0 aliphatic carbocycles. The third-order valence-corrected chi connectivity index (χ3v) is 9.26. The average molecular weight is 559 g/mol. The molecule has 5 aromatic carbocycles. The van der Waals surface area contributed by atoms with Gasteiger partial charge in [-0.15, -0.1) is 11.3 Å². The van der Waals surface area contributed by atoms with Crippen LogP contribution in [0.15, 0.2) is 146 Å². The second-order valence-corrected chi connectivity index (χ2v) is 12.2. The van der Waals surface area contributed by atoms with Crippen LogP contribution < -0.4 is 0 Å². The van der Waals surface area contributed by atoms with Gasteiger partial charge in [-0.25, -0.2) is 9.97 Å². The number of hydrogen-bond acceptors (Lipinski definition) is 3. The molecule has 2 nitrogen and oxygen atoms in total. The first-order chi connectivity index (χ1) is 20.5. The van der Waals surface area contributed by atoms with Crippen molar-refractivity contribution >= 4 is 21.6 Å². The molecule has 42 heavy (non-hydrogen) atoms. The van der Waals surface area contributed by atoms with E-state index in [9.17, 15) is 0 Å². The minimum absolute atomic E-state index is 0.287. The number of hydrogen-bond donors (Lipinski definition) is 0. The first-order valence-corrected chi connectivity index (χ1v) is 15.1. The Bertz CT molecular complexity index is 1970. The van der Waals surface area contributed by atoms with Crippen molar-refractivity contribution in [3.63, 3.8) is 0 Å². The van der Waals surface area contributed by atoms with Gasteiger partial charge in [-0.1, -0.05) is 103 Å². The number of para-hydroxylation sites is 1. The van der Waals surface area contributed by atoms with Gasteiger partial charge in [0.05, 0.1) is 21.6 Å². The van der Waals surface area contributed by atoms with Crippen molar-refractivity contribution < 1.29 is 0 Å². The number of fused-ring (bicyclic) bond motifs is 1. The van der Waals surface area contributed by atoms with Crippen molar-refractivity contribution in [1.29, 1.82) is 0 Å². The number of aromatic nitrogens is 2. The predicted octanol–water partition coefficient (Wildman–Crippen LogP) is 10.7. The first-order valence-electron chi connectivity index (χ1n) is 14.2. The lowest BCUT2D eigenvalue weighted by Crippen LogP contribution is -2.19. The van der Waals surface area contributed by atoms with E-state index in [1.54, 1.807) is 11.3 Å². The first kappa shape index (κ1) is 26.1. The van der Waals surface area contributed by atoms with Crippen molar-refractivity contribution in [2.24, 2.45) is 0 Å². The predicted molar refractivity (Wildman–Crippen MR) is 178 cm³/mol. The van der Waals surface area contributed by atoms with Crippen LogP contribution in [0.3, 0.4) is 0 Å². The van der Waals surface area contributed by atoms with Crippen LogP contribution in [0.2, 0.25) is 0 Å². The van der Waals surface area contributed by atoms with E-state index in [4.69, 9.17) is 9.97 Å². The molecule has 0 saturated heterocycles. The molecular formula is C39H30N2S. The summed E-state index contributed by atoms with van der Waals surface area (Å²) < 4.78 is 1.21. The third-order valence-electron chi connectivity index (χ3n) is 7.90. The molecule has 202 valence electrons. The van der Waals surface area contributed by atoms with Crippen LogP contribution in [0.5, 0.6) is 0 Å². The fourth-order valence-electron chi connectivity index (χ4n) is 5.44. The van der Waals surface area contributed by atoms with E-state index in [1.165, 1.54) is 32.5 Å². The summed E-state index contributed by atoms with van der Waals surface area (Å²) in [5, 5.41) is 1.11. The van der Waals surface area contributed by atoms with E-state index in [0.29, 0.717) is 0 Å². The maximum absolute atomic E-state index is 5.20. The Kier molecular flexibility index (Phi) is 6.73. The molecule has 3 heteroatoms. The lowest BCUT2D eigenvalue weighted by atomic mass is 9.82. The van der Waals surface area contributed by atoms with Crippen LogP contribution in [-0.4, -0.2) is 9.97 Å². The molecule has 0 radical (unpaired) electrons. The molecule has 0 bridgehead atoms. The van der Waals surface area contributed by atoms with E-state index in [-0.39, 0.29) is 5.41 Å². The summed E-state index contributed by atoms with van der Waals surface area (Å²) in [5.74, 6) is 0. The molecular weight excluding hydrogens is 529 g/mol. The van der Waals surface area contributed by atoms with Crippen molar-refractivity contribution in [1.82, 2.24) is 9.97 Å². The standard InChI is InChI=1S/C39H30N2S/c1-39(2,38-41-36-19-9-10-22-37(36)42-38)33-25-31(28-15-7-4-8-16-28)24-32(26-33)35-21-12-20-34(40-35)30-18-11-17-29(23-30)27-13-5-3-6-14-27/h3-26H,1-2H3. The summed E-state index contributed by atoms with van der Waals surface area (Å²) in [6.45, 7) is 4.55. The van der Waals surface area contributed by atoms with Crippen molar-refractivity contribution in [2.75, 3.05) is 0 Å². The smallest absolute Gasteiger partial charge is 0.104 e. The van der Waals surface area contributed by atoms with Crippen LogP contribution in [0.4, 0.5) is 0 Å². The summed E-state index contributed by atoms with van der Waals surface area (Å²) in [5.41, 5.74) is 10.9. The lowest BCUT2D eigenvalue weighted by Gasteiger charge is -2.24. The highest BCUT2D eigenvalue weighted by Crippen LogP contribution is 2.40. The minimum atomic E-state index is -0.287. The van der Waals surface area contributed by atoms with Crippen LogP contribution >= 0.6 is 11.3 Å². The normalized spacial score (nSPS) is 11.6. The quantitative estimate of drug-likeness (QED) is 0.203. The Morgan fingerprint density at radius 3 is 1.74 bits per heavy atom. The third kappa shape index (κ3) is 5.04. The van der Waals surface area contributed by atoms with Gasteiger partial charge in [0, 0.05) is 16.5 Å². The van der Waals surface area contributed by atoms with Crippen LogP contribution in [0, 0.1) is 0 Å². The van der Waals surface area contributed by atoms with Crippen molar-refractivity contribution in [3.8, 4) is 44.8 Å². The van der Waals surface area contributed by atoms with Gasteiger partial charge >= 0.3 is 0 Å². The number of pyridine rings is 1. The highest BCUT2D eigenvalue weighted by molar-refractivity contribution is 7.18. The molecule has 0 atom stereocenters. The molecule has 0 fully saturated rings. The van der Waals surface area contributed by atoms with Crippen molar-refractivity contribution in [3.05, 3.63) is 156 Å². The summed E-state index contributed by atoms with van der Waals surface area (Å²) >= 11 is 1.77. The fourth-order valence-corrected chi connectivity index (χ4v) is 6.53. The Hall–Kier alpha value is -4.86. The second-order valence-electron chi connectivity index (χ2n) is 11.1. The molecule has 0 unspecified atom stereocenters. The Morgan fingerprint density at radius 1 is 0.452 bits per heavy atom. The maximum atomic E-state index is 5.20. The van der Waals surface area contributed by atoms with Gasteiger partial charge in [-0.05, 0) is 84.1 Å². The zero-order valence-electron chi connectivity index (χ0n) is 23.7. The fraction of sp³-hybridized carbons (Fsp3) is 0.0769. The monoisotopic (exact) mass is 558 g/mol. The number of nitrogens with zero attached hydrogens (tertiary/aromatic N) is 2. The number of benzene rings is 5. The van der Waals surface area contributed by atoms with Gasteiger partial charge in [-0.2, -0.15) is 0 Å². The number of rotatable bonds is 6. The molecule has 2 aromatic heterocycles. The molecule has 7 aromatic rings. The zero-order chi connectivity index (χ0) is 28.5. The van der Waals surface area contributed by atoms with Crippen LogP contribution in [0.25, 0.3) is 55.0 Å². The second kappa shape index (κ2) is 10.8. The molecule has 0 N–H and O–H groups in total. The highest BCUT2D eigenvalue weighted by atomic mass is 32.1. The Morgan fingerprint density at radius 2 is 1.00 bits per heavy atom. The molecule has 7 rings (SSSR count). The molecule has 0 amide bonds. The summed E-state index contributed by atoms with van der Waals surface area (Å²) in [6.07, 6.45) is 0. The Balaban J connectivity index is 1.34. The van der Waals surface area contributed by atoms with Crippen LogP contribution in [-0.2, 0) is 5.41 Å². The summed E-state index contributed by atoms with van der Waals surface area (Å²) in [4.78, 5) is 10.3. The maximum Gasteiger partial charge on any atom is 0.104 e. The van der Waals surface area contributed by atoms with E-state index in [2.05, 4.69) is 153 Å². The van der Waals surface area contributed by atoms with Gasteiger partial charge in [0.15, 0.2) is 0 Å². The molecule has 0 spiro atoms. The largest absolute Gasteiger partial charge is 0.248 e. The topological polar surface area (TPSA) is 25.8 Å². The minimum Gasteiger partial charge on any atom is -0.248 e. The molecule has 2 heterocycles. The number of thiazole rings is 1. The molecule has 0 aliphatic heterocycles. The van der Waals surface area contributed by atoms with Gasteiger partial charge in [0.2, 0.25) is 0 Å². The Labute approximate surface area is 251 Å². The van der Waals surface area contributed by atoms with E-state index >= 15 is 0 Å².